The number of amides is 1. The van der Waals surface area contributed by atoms with E-state index in [4.69, 9.17) is 4.52 Å². The molecule has 2 aromatic heterocycles. The van der Waals surface area contributed by atoms with E-state index in [1.165, 1.54) is 0 Å². The van der Waals surface area contributed by atoms with Crippen LogP contribution in [0.1, 0.15) is 41.9 Å². The molecular weight excluding hydrogens is 324 g/mol. The first kappa shape index (κ1) is 17.1. The summed E-state index contributed by atoms with van der Waals surface area (Å²) in [6, 6.07) is 1.96. The average Bonchev–Trinajstić information content (AvgIpc) is 3.17. The van der Waals surface area contributed by atoms with E-state index in [-0.39, 0.29) is 5.91 Å². The lowest BCUT2D eigenvalue weighted by Gasteiger charge is -2.34. The quantitative estimate of drug-likeness (QED) is 0.830. The number of thiazole rings is 1. The summed E-state index contributed by atoms with van der Waals surface area (Å²) in [7, 11) is 0. The molecule has 24 heavy (non-hydrogen) atoms. The fourth-order valence-corrected chi connectivity index (χ4v) is 3.65. The van der Waals surface area contributed by atoms with Gasteiger partial charge in [-0.2, -0.15) is 0 Å². The lowest BCUT2D eigenvalue weighted by Crippen LogP contribution is -2.48. The molecule has 0 spiro atoms. The molecule has 0 N–H and O–H groups in total. The topological polar surface area (TPSA) is 62.5 Å². The second-order valence-corrected chi connectivity index (χ2v) is 7.48. The standard InChI is InChI=1S/C17H24N4O2S/c1-12(2)17-18-15(11-24-17)9-16(22)21-6-4-20(5-7-21)10-14-8-13(3)23-19-14/h8,11-12H,4-7,9-10H2,1-3H3. The number of aromatic nitrogens is 2. The molecule has 1 saturated heterocycles. The molecule has 3 heterocycles. The van der Waals surface area contributed by atoms with Gasteiger partial charge in [0.1, 0.15) is 5.76 Å². The van der Waals surface area contributed by atoms with Crippen LogP contribution in [0.25, 0.3) is 0 Å². The Hall–Kier alpha value is -1.73. The molecule has 6 nitrogen and oxygen atoms in total. The Labute approximate surface area is 146 Å². The third kappa shape index (κ3) is 4.21. The zero-order valence-electron chi connectivity index (χ0n) is 14.5. The van der Waals surface area contributed by atoms with Crippen molar-refractivity contribution in [1.29, 1.82) is 0 Å². The molecule has 1 amide bonds. The van der Waals surface area contributed by atoms with Gasteiger partial charge in [-0.15, -0.1) is 11.3 Å². The van der Waals surface area contributed by atoms with Crippen LogP contribution in [0.15, 0.2) is 16.0 Å². The summed E-state index contributed by atoms with van der Waals surface area (Å²) in [5.41, 5.74) is 1.85. The summed E-state index contributed by atoms with van der Waals surface area (Å²) >= 11 is 1.64. The number of piperazine rings is 1. The van der Waals surface area contributed by atoms with Crippen LogP contribution < -0.4 is 0 Å². The molecule has 0 bridgehead atoms. The van der Waals surface area contributed by atoms with E-state index >= 15 is 0 Å². The van der Waals surface area contributed by atoms with Gasteiger partial charge in [0.15, 0.2) is 0 Å². The van der Waals surface area contributed by atoms with Gasteiger partial charge in [0.2, 0.25) is 5.91 Å². The molecule has 1 fully saturated rings. The van der Waals surface area contributed by atoms with Crippen LogP contribution in [0.5, 0.6) is 0 Å². The minimum absolute atomic E-state index is 0.174. The van der Waals surface area contributed by atoms with Crippen molar-refractivity contribution in [1.82, 2.24) is 19.9 Å². The molecule has 0 aromatic carbocycles. The predicted molar refractivity (Wildman–Crippen MR) is 93.0 cm³/mol. The van der Waals surface area contributed by atoms with E-state index in [1.807, 2.05) is 23.3 Å². The maximum Gasteiger partial charge on any atom is 0.228 e. The molecule has 0 aliphatic carbocycles. The monoisotopic (exact) mass is 348 g/mol. The Morgan fingerprint density at radius 3 is 2.62 bits per heavy atom. The maximum atomic E-state index is 12.5. The Balaban J connectivity index is 1.47. The smallest absolute Gasteiger partial charge is 0.228 e. The summed E-state index contributed by atoms with van der Waals surface area (Å²) < 4.78 is 5.10. The van der Waals surface area contributed by atoms with Crippen LogP contribution in [0.3, 0.4) is 0 Å². The van der Waals surface area contributed by atoms with Crippen molar-refractivity contribution in [3.63, 3.8) is 0 Å². The van der Waals surface area contributed by atoms with E-state index in [9.17, 15) is 4.79 Å². The Morgan fingerprint density at radius 2 is 2.04 bits per heavy atom. The molecule has 1 aliphatic heterocycles. The van der Waals surface area contributed by atoms with Crippen molar-refractivity contribution >= 4 is 17.2 Å². The normalized spacial score (nSPS) is 16.1. The highest BCUT2D eigenvalue weighted by Gasteiger charge is 2.22. The van der Waals surface area contributed by atoms with E-state index in [0.717, 1.165) is 54.9 Å². The highest BCUT2D eigenvalue weighted by atomic mass is 32.1. The minimum atomic E-state index is 0.174. The van der Waals surface area contributed by atoms with Crippen molar-refractivity contribution in [3.05, 3.63) is 33.6 Å². The van der Waals surface area contributed by atoms with Gasteiger partial charge in [0.25, 0.3) is 0 Å². The summed E-state index contributed by atoms with van der Waals surface area (Å²) in [4.78, 5) is 21.3. The van der Waals surface area contributed by atoms with Crippen LogP contribution in [-0.2, 0) is 17.8 Å². The molecule has 1 aliphatic rings. The molecule has 0 saturated carbocycles. The van der Waals surface area contributed by atoms with Gasteiger partial charge in [-0.25, -0.2) is 4.98 Å². The zero-order chi connectivity index (χ0) is 17.1. The number of hydrogen-bond donors (Lipinski definition) is 0. The fourth-order valence-electron chi connectivity index (χ4n) is 2.81. The van der Waals surface area contributed by atoms with Crippen LogP contribution >= 0.6 is 11.3 Å². The maximum absolute atomic E-state index is 12.5. The molecule has 0 radical (unpaired) electrons. The predicted octanol–water partition coefficient (Wildman–Crippen LogP) is 2.45. The number of nitrogens with zero attached hydrogens (tertiary/aromatic N) is 4. The SMILES string of the molecule is Cc1cc(CN2CCN(C(=O)Cc3csc(C(C)C)n3)CC2)no1. The van der Waals surface area contributed by atoms with Gasteiger partial charge in [-0.3, -0.25) is 9.69 Å². The van der Waals surface area contributed by atoms with E-state index in [2.05, 4.69) is 28.9 Å². The van der Waals surface area contributed by atoms with Crippen LogP contribution in [0, 0.1) is 6.92 Å². The van der Waals surface area contributed by atoms with Gasteiger partial charge >= 0.3 is 0 Å². The third-order valence-electron chi connectivity index (χ3n) is 4.18. The number of carbonyl (C=O) groups excluding carboxylic acids is 1. The van der Waals surface area contributed by atoms with Crippen molar-refractivity contribution < 1.29 is 9.32 Å². The van der Waals surface area contributed by atoms with Gasteiger partial charge in [0.05, 0.1) is 22.8 Å². The molecule has 130 valence electrons. The fraction of sp³-hybridized carbons (Fsp3) is 0.588. The van der Waals surface area contributed by atoms with E-state index < -0.39 is 0 Å². The largest absolute Gasteiger partial charge is 0.361 e. The number of carbonyl (C=O) groups is 1. The lowest BCUT2D eigenvalue weighted by atomic mass is 10.2. The first-order valence-electron chi connectivity index (χ1n) is 8.38. The van der Waals surface area contributed by atoms with Gasteiger partial charge in [-0.05, 0) is 6.92 Å². The van der Waals surface area contributed by atoms with Crippen molar-refractivity contribution in [3.8, 4) is 0 Å². The lowest BCUT2D eigenvalue weighted by molar-refractivity contribution is -0.132. The average molecular weight is 348 g/mol. The second-order valence-electron chi connectivity index (χ2n) is 6.59. The first-order chi connectivity index (χ1) is 11.5. The highest BCUT2D eigenvalue weighted by Crippen LogP contribution is 2.20. The number of aryl methyl sites for hydroxylation is 1. The summed E-state index contributed by atoms with van der Waals surface area (Å²) in [6.07, 6.45) is 0.408. The van der Waals surface area contributed by atoms with Crippen molar-refractivity contribution in [2.75, 3.05) is 26.2 Å². The molecule has 3 rings (SSSR count). The van der Waals surface area contributed by atoms with Crippen LogP contribution in [-0.4, -0.2) is 52.0 Å². The van der Waals surface area contributed by atoms with Crippen molar-refractivity contribution in [2.45, 2.75) is 39.7 Å². The Kier molecular flexibility index (Phi) is 5.30. The van der Waals surface area contributed by atoms with Gasteiger partial charge in [0, 0.05) is 50.1 Å². The minimum Gasteiger partial charge on any atom is -0.361 e. The third-order valence-corrected chi connectivity index (χ3v) is 5.38. The Bertz CT molecular complexity index is 686. The highest BCUT2D eigenvalue weighted by molar-refractivity contribution is 7.09. The van der Waals surface area contributed by atoms with Crippen LogP contribution in [0.2, 0.25) is 0 Å². The summed E-state index contributed by atoms with van der Waals surface area (Å²) in [6.45, 7) is 10.2. The number of rotatable bonds is 5. The van der Waals surface area contributed by atoms with Crippen LogP contribution in [0.4, 0.5) is 0 Å². The molecule has 0 unspecified atom stereocenters. The summed E-state index contributed by atoms with van der Waals surface area (Å²) in [5, 5.41) is 7.14. The molecule has 0 atom stereocenters. The number of hydrogen-bond acceptors (Lipinski definition) is 6. The van der Waals surface area contributed by atoms with E-state index in [1.54, 1.807) is 11.3 Å². The molecule has 2 aromatic rings. The second kappa shape index (κ2) is 7.44. The molecule has 7 heteroatoms. The first-order valence-corrected chi connectivity index (χ1v) is 9.26. The zero-order valence-corrected chi connectivity index (χ0v) is 15.3. The van der Waals surface area contributed by atoms with Gasteiger partial charge < -0.3 is 9.42 Å². The molecular formula is C17H24N4O2S. The van der Waals surface area contributed by atoms with Crippen molar-refractivity contribution in [2.24, 2.45) is 0 Å². The Morgan fingerprint density at radius 1 is 1.29 bits per heavy atom. The van der Waals surface area contributed by atoms with E-state index in [0.29, 0.717) is 12.3 Å². The summed E-state index contributed by atoms with van der Waals surface area (Å²) in [5.74, 6) is 1.43. The van der Waals surface area contributed by atoms with Gasteiger partial charge in [-0.1, -0.05) is 19.0 Å².